The van der Waals surface area contributed by atoms with Crippen molar-refractivity contribution in [3.05, 3.63) is 59.7 Å². The number of amides is 1. The Hall–Kier alpha value is -2.82. The molecule has 5 heteroatoms. The molecule has 1 amide bonds. The summed E-state index contributed by atoms with van der Waals surface area (Å²) in [6, 6.07) is 16.3. The van der Waals surface area contributed by atoms with Crippen LogP contribution in [0.15, 0.2) is 48.5 Å². The fourth-order valence-corrected chi connectivity index (χ4v) is 5.33. The van der Waals surface area contributed by atoms with Gasteiger partial charge in [0.15, 0.2) is 0 Å². The molecule has 0 heterocycles. The molecule has 2 bridgehead atoms. The molecule has 1 unspecified atom stereocenters. The van der Waals surface area contributed by atoms with Crippen LogP contribution < -0.4 is 5.32 Å². The summed E-state index contributed by atoms with van der Waals surface area (Å²) < 4.78 is 5.57. The Balaban J connectivity index is 1.32. The lowest BCUT2D eigenvalue weighted by molar-refractivity contribution is -0.154. The van der Waals surface area contributed by atoms with Crippen molar-refractivity contribution in [1.82, 2.24) is 5.32 Å². The molecule has 4 aliphatic rings. The van der Waals surface area contributed by atoms with Crippen LogP contribution in [0.3, 0.4) is 0 Å². The molecule has 0 aromatic heterocycles. The summed E-state index contributed by atoms with van der Waals surface area (Å²) in [4.78, 5) is 24.5. The average Bonchev–Trinajstić information content (AvgIpc) is 3.00. The average molecular weight is 377 g/mol. The first kappa shape index (κ1) is 17.3. The van der Waals surface area contributed by atoms with E-state index < -0.39 is 17.6 Å². The number of rotatable bonds is 4. The number of benzene rings is 2. The number of aliphatic carboxylic acids is 1. The third-order valence-electron chi connectivity index (χ3n) is 6.93. The SMILES string of the molecule is O=C(NC1(C(=O)O)CCC2CC1C2)OCC1c2ccccc2-c2ccccc21. The first-order valence-corrected chi connectivity index (χ1v) is 9.95. The lowest BCUT2D eigenvalue weighted by Gasteiger charge is -2.52. The maximum atomic E-state index is 12.6. The molecule has 0 spiro atoms. The molecule has 28 heavy (non-hydrogen) atoms. The van der Waals surface area contributed by atoms with Gasteiger partial charge in [-0.3, -0.25) is 0 Å². The van der Waals surface area contributed by atoms with Crippen molar-refractivity contribution >= 4 is 12.1 Å². The van der Waals surface area contributed by atoms with Crippen LogP contribution in [0, 0.1) is 11.8 Å². The van der Waals surface area contributed by atoms with Crippen LogP contribution >= 0.6 is 0 Å². The Morgan fingerprint density at radius 2 is 1.64 bits per heavy atom. The minimum absolute atomic E-state index is 0.0178. The van der Waals surface area contributed by atoms with Crippen molar-refractivity contribution in [2.24, 2.45) is 11.8 Å². The molecule has 1 atom stereocenters. The number of nitrogens with one attached hydrogen (secondary N) is 1. The number of fused-ring (bicyclic) bond motifs is 5. The number of carbonyl (C=O) groups excluding carboxylic acids is 1. The van der Waals surface area contributed by atoms with E-state index in [9.17, 15) is 14.7 Å². The minimum Gasteiger partial charge on any atom is -0.479 e. The highest BCUT2D eigenvalue weighted by Crippen LogP contribution is 2.51. The predicted molar refractivity (Wildman–Crippen MR) is 104 cm³/mol. The van der Waals surface area contributed by atoms with Crippen LogP contribution in [0.4, 0.5) is 4.79 Å². The van der Waals surface area contributed by atoms with E-state index in [4.69, 9.17) is 4.74 Å². The van der Waals surface area contributed by atoms with Gasteiger partial charge in [0.2, 0.25) is 0 Å². The quantitative estimate of drug-likeness (QED) is 0.839. The summed E-state index contributed by atoms with van der Waals surface area (Å²) in [6.45, 7) is 0.197. The summed E-state index contributed by atoms with van der Waals surface area (Å²) in [5.74, 6) is -0.325. The Kier molecular flexibility index (Phi) is 3.93. The molecule has 5 nitrogen and oxygen atoms in total. The first-order valence-electron chi connectivity index (χ1n) is 9.95. The number of carbonyl (C=O) groups is 2. The zero-order valence-electron chi connectivity index (χ0n) is 15.6. The van der Waals surface area contributed by atoms with Crippen molar-refractivity contribution in [1.29, 1.82) is 0 Å². The molecule has 0 aliphatic heterocycles. The number of carboxylic acids is 1. The Morgan fingerprint density at radius 3 is 2.18 bits per heavy atom. The number of carboxylic acid groups (broad SMARTS) is 1. The topological polar surface area (TPSA) is 75.6 Å². The third kappa shape index (κ3) is 2.53. The van der Waals surface area contributed by atoms with Crippen molar-refractivity contribution in [2.75, 3.05) is 6.61 Å². The lowest BCUT2D eigenvalue weighted by Crippen LogP contribution is -2.65. The van der Waals surface area contributed by atoms with Gasteiger partial charge in [0.25, 0.3) is 0 Å². The highest BCUT2D eigenvalue weighted by molar-refractivity contribution is 5.85. The van der Waals surface area contributed by atoms with Crippen LogP contribution in [0.1, 0.15) is 42.7 Å². The fraction of sp³-hybridized carbons (Fsp3) is 0.391. The van der Waals surface area contributed by atoms with E-state index in [1.54, 1.807) is 0 Å². The van der Waals surface area contributed by atoms with Crippen molar-refractivity contribution in [2.45, 2.75) is 37.1 Å². The third-order valence-corrected chi connectivity index (χ3v) is 6.93. The highest BCUT2D eigenvalue weighted by atomic mass is 16.5. The molecule has 3 fully saturated rings. The Labute approximate surface area is 163 Å². The van der Waals surface area contributed by atoms with Crippen LogP contribution in [-0.4, -0.2) is 29.3 Å². The van der Waals surface area contributed by atoms with Crippen LogP contribution in [0.2, 0.25) is 0 Å². The molecule has 3 saturated carbocycles. The normalized spacial score (nSPS) is 27.3. The lowest BCUT2D eigenvalue weighted by atomic mass is 9.56. The van der Waals surface area contributed by atoms with E-state index in [1.165, 1.54) is 11.1 Å². The molecule has 6 rings (SSSR count). The van der Waals surface area contributed by atoms with E-state index >= 15 is 0 Å². The van der Waals surface area contributed by atoms with Gasteiger partial charge in [-0.1, -0.05) is 48.5 Å². The second kappa shape index (κ2) is 6.36. The second-order valence-electron chi connectivity index (χ2n) is 8.30. The standard InChI is InChI=1S/C23H23NO4/c25-21(26)23(10-9-14-11-15(23)12-14)24-22(27)28-13-20-18-7-3-1-5-16(18)17-6-2-4-8-19(17)20/h1-8,14-15,20H,9-13H2,(H,24,27)(H,25,26). The van der Waals surface area contributed by atoms with Crippen LogP contribution in [-0.2, 0) is 9.53 Å². The van der Waals surface area contributed by atoms with E-state index in [-0.39, 0.29) is 18.4 Å². The van der Waals surface area contributed by atoms with Gasteiger partial charge in [-0.25, -0.2) is 9.59 Å². The largest absolute Gasteiger partial charge is 0.479 e. The Bertz CT molecular complexity index is 901. The van der Waals surface area contributed by atoms with Gasteiger partial charge in [0, 0.05) is 5.92 Å². The first-order chi connectivity index (χ1) is 13.6. The predicted octanol–water partition coefficient (Wildman–Crippen LogP) is 4.17. The van der Waals surface area contributed by atoms with E-state index in [1.807, 2.05) is 24.3 Å². The molecule has 0 radical (unpaired) electrons. The summed E-state index contributed by atoms with van der Waals surface area (Å²) in [5, 5.41) is 12.5. The van der Waals surface area contributed by atoms with Gasteiger partial charge in [0.05, 0.1) is 0 Å². The maximum absolute atomic E-state index is 12.6. The van der Waals surface area contributed by atoms with Gasteiger partial charge < -0.3 is 15.2 Å². The summed E-state index contributed by atoms with van der Waals surface area (Å²) in [6.07, 6.45) is 2.48. The molecular weight excluding hydrogens is 354 g/mol. The summed E-state index contributed by atoms with van der Waals surface area (Å²) >= 11 is 0. The number of hydrogen-bond acceptors (Lipinski definition) is 3. The maximum Gasteiger partial charge on any atom is 0.408 e. The van der Waals surface area contributed by atoms with E-state index in [2.05, 4.69) is 29.6 Å². The number of hydrogen-bond donors (Lipinski definition) is 2. The van der Waals surface area contributed by atoms with Gasteiger partial charge in [0.1, 0.15) is 12.1 Å². The van der Waals surface area contributed by atoms with Crippen LogP contribution in [0.25, 0.3) is 11.1 Å². The van der Waals surface area contributed by atoms with Crippen molar-refractivity contribution in [3.63, 3.8) is 0 Å². The van der Waals surface area contributed by atoms with Gasteiger partial charge >= 0.3 is 12.1 Å². The van der Waals surface area contributed by atoms with E-state index in [0.717, 1.165) is 30.4 Å². The zero-order chi connectivity index (χ0) is 19.3. The molecule has 0 saturated heterocycles. The summed E-state index contributed by atoms with van der Waals surface area (Å²) in [5.41, 5.74) is 3.45. The smallest absolute Gasteiger partial charge is 0.408 e. The molecule has 2 aromatic carbocycles. The van der Waals surface area contributed by atoms with Crippen molar-refractivity contribution < 1.29 is 19.4 Å². The van der Waals surface area contributed by atoms with Gasteiger partial charge in [-0.05, 0) is 59.8 Å². The molecule has 2 N–H and O–H groups in total. The zero-order valence-corrected chi connectivity index (χ0v) is 15.6. The fourth-order valence-electron chi connectivity index (χ4n) is 5.33. The van der Waals surface area contributed by atoms with Crippen LogP contribution in [0.5, 0.6) is 0 Å². The second-order valence-corrected chi connectivity index (χ2v) is 8.30. The Morgan fingerprint density at radius 1 is 1.04 bits per heavy atom. The summed E-state index contributed by atoms with van der Waals surface area (Å²) in [7, 11) is 0. The van der Waals surface area contributed by atoms with Crippen molar-refractivity contribution in [3.8, 4) is 11.1 Å². The highest BCUT2D eigenvalue weighted by Gasteiger charge is 2.56. The minimum atomic E-state index is -1.17. The number of alkyl carbamates (subject to hydrolysis) is 1. The van der Waals surface area contributed by atoms with Gasteiger partial charge in [-0.2, -0.15) is 0 Å². The molecule has 2 aromatic rings. The molecule has 144 valence electrons. The monoisotopic (exact) mass is 377 g/mol. The van der Waals surface area contributed by atoms with E-state index in [0.29, 0.717) is 12.3 Å². The molecular formula is C23H23NO4. The number of ether oxygens (including phenoxy) is 1. The molecule has 4 aliphatic carbocycles. The van der Waals surface area contributed by atoms with Gasteiger partial charge in [-0.15, -0.1) is 0 Å².